The van der Waals surface area contributed by atoms with Crippen LogP contribution in [0.15, 0.2) is 18.5 Å². The van der Waals surface area contributed by atoms with E-state index in [0.29, 0.717) is 5.52 Å². The van der Waals surface area contributed by atoms with Gasteiger partial charge in [-0.25, -0.2) is 9.37 Å². The van der Waals surface area contributed by atoms with Crippen LogP contribution in [0.1, 0.15) is 5.56 Å². The van der Waals surface area contributed by atoms with E-state index >= 15 is 0 Å². The summed E-state index contributed by atoms with van der Waals surface area (Å²) in [6.07, 6.45) is 1.62. The van der Waals surface area contributed by atoms with Crippen molar-refractivity contribution < 1.29 is 4.39 Å². The summed E-state index contributed by atoms with van der Waals surface area (Å²) < 4.78 is 15.0. The molecule has 0 saturated carbocycles. The molecular formula is C9H9FN2. The van der Waals surface area contributed by atoms with Crippen molar-refractivity contribution >= 4 is 11.0 Å². The highest BCUT2D eigenvalue weighted by Gasteiger charge is 2.05. The van der Waals surface area contributed by atoms with E-state index < -0.39 is 0 Å². The van der Waals surface area contributed by atoms with E-state index in [9.17, 15) is 4.39 Å². The smallest absolute Gasteiger partial charge is 0.149 e. The Hall–Kier alpha value is -1.38. The van der Waals surface area contributed by atoms with Crippen LogP contribution in [-0.4, -0.2) is 9.55 Å². The fourth-order valence-corrected chi connectivity index (χ4v) is 1.37. The summed E-state index contributed by atoms with van der Waals surface area (Å²) >= 11 is 0. The molecule has 12 heavy (non-hydrogen) atoms. The molecule has 1 aromatic carbocycles. The van der Waals surface area contributed by atoms with E-state index in [1.54, 1.807) is 17.9 Å². The molecule has 0 atom stereocenters. The van der Waals surface area contributed by atoms with Crippen molar-refractivity contribution in [3.8, 4) is 0 Å². The Labute approximate surface area is 69.6 Å². The average Bonchev–Trinajstić information content (AvgIpc) is 2.31. The van der Waals surface area contributed by atoms with E-state index in [0.717, 1.165) is 11.1 Å². The normalized spacial score (nSPS) is 10.9. The van der Waals surface area contributed by atoms with E-state index in [1.165, 1.54) is 6.07 Å². The number of nitrogens with zero attached hydrogens (tertiary/aromatic N) is 2. The van der Waals surface area contributed by atoms with Gasteiger partial charge in [0.05, 0.1) is 11.8 Å². The molecule has 2 nitrogen and oxygen atoms in total. The second-order valence-electron chi connectivity index (χ2n) is 2.97. The Kier molecular flexibility index (Phi) is 1.40. The van der Waals surface area contributed by atoms with Crippen LogP contribution in [0.25, 0.3) is 11.0 Å². The highest BCUT2D eigenvalue weighted by Crippen LogP contribution is 2.17. The molecule has 2 aromatic rings. The molecule has 0 aliphatic carbocycles. The maximum absolute atomic E-state index is 13.3. The van der Waals surface area contributed by atoms with Gasteiger partial charge in [-0.3, -0.25) is 0 Å². The van der Waals surface area contributed by atoms with Gasteiger partial charge in [0.25, 0.3) is 0 Å². The van der Waals surface area contributed by atoms with Gasteiger partial charge in [0.15, 0.2) is 0 Å². The van der Waals surface area contributed by atoms with Crippen LogP contribution >= 0.6 is 0 Å². The lowest BCUT2D eigenvalue weighted by Gasteiger charge is -1.97. The van der Waals surface area contributed by atoms with Crippen LogP contribution in [0, 0.1) is 12.7 Å². The van der Waals surface area contributed by atoms with Crippen molar-refractivity contribution in [2.45, 2.75) is 6.92 Å². The molecular weight excluding hydrogens is 155 g/mol. The summed E-state index contributed by atoms with van der Waals surface area (Å²) in [5.74, 6) is -0.204. The molecule has 0 saturated heterocycles. The molecule has 0 aliphatic heterocycles. The Bertz CT molecular complexity index is 431. The average molecular weight is 164 g/mol. The molecule has 0 spiro atoms. The fraction of sp³-hybridized carbons (Fsp3) is 0.222. The second-order valence-corrected chi connectivity index (χ2v) is 2.97. The summed E-state index contributed by atoms with van der Waals surface area (Å²) in [5.41, 5.74) is 2.19. The number of fused-ring (bicyclic) bond motifs is 1. The van der Waals surface area contributed by atoms with Crippen molar-refractivity contribution in [3.63, 3.8) is 0 Å². The minimum Gasteiger partial charge on any atom is -0.331 e. The van der Waals surface area contributed by atoms with Crippen molar-refractivity contribution in [1.82, 2.24) is 9.55 Å². The highest BCUT2D eigenvalue weighted by molar-refractivity contribution is 5.76. The third kappa shape index (κ3) is 0.897. The van der Waals surface area contributed by atoms with Crippen LogP contribution in [0.5, 0.6) is 0 Å². The maximum Gasteiger partial charge on any atom is 0.149 e. The predicted octanol–water partition coefficient (Wildman–Crippen LogP) is 2.02. The van der Waals surface area contributed by atoms with Crippen molar-refractivity contribution in [3.05, 3.63) is 29.8 Å². The van der Waals surface area contributed by atoms with Gasteiger partial charge >= 0.3 is 0 Å². The van der Waals surface area contributed by atoms with Crippen molar-refractivity contribution in [2.24, 2.45) is 7.05 Å². The van der Waals surface area contributed by atoms with Gasteiger partial charge in [-0.05, 0) is 24.6 Å². The predicted molar refractivity (Wildman–Crippen MR) is 45.4 cm³/mol. The molecule has 2 rings (SSSR count). The van der Waals surface area contributed by atoms with E-state index in [-0.39, 0.29) is 5.82 Å². The van der Waals surface area contributed by atoms with Crippen LogP contribution in [0.2, 0.25) is 0 Å². The monoisotopic (exact) mass is 164 g/mol. The lowest BCUT2D eigenvalue weighted by molar-refractivity contribution is 0.631. The summed E-state index contributed by atoms with van der Waals surface area (Å²) in [5, 5.41) is 0. The molecule has 3 heteroatoms. The van der Waals surface area contributed by atoms with Crippen LogP contribution in [-0.2, 0) is 7.05 Å². The standard InChI is InChI=1S/C9H9FN2/c1-6-3-7(10)9-8(4-6)11-5-12(9)2/h3-5H,1-2H3. The van der Waals surface area contributed by atoms with Crippen LogP contribution < -0.4 is 0 Å². The number of halogens is 1. The lowest BCUT2D eigenvalue weighted by atomic mass is 10.2. The largest absolute Gasteiger partial charge is 0.331 e. The number of aryl methyl sites for hydroxylation is 2. The number of benzene rings is 1. The van der Waals surface area contributed by atoms with Crippen molar-refractivity contribution in [1.29, 1.82) is 0 Å². The fourth-order valence-electron chi connectivity index (χ4n) is 1.37. The first-order valence-corrected chi connectivity index (χ1v) is 3.75. The third-order valence-electron chi connectivity index (χ3n) is 1.91. The number of rotatable bonds is 0. The van der Waals surface area contributed by atoms with Crippen LogP contribution in [0.3, 0.4) is 0 Å². The van der Waals surface area contributed by atoms with Crippen molar-refractivity contribution in [2.75, 3.05) is 0 Å². The zero-order valence-electron chi connectivity index (χ0n) is 7.00. The summed E-state index contributed by atoms with van der Waals surface area (Å²) in [6.45, 7) is 1.86. The number of hydrogen-bond donors (Lipinski definition) is 0. The Morgan fingerprint density at radius 2 is 2.17 bits per heavy atom. The zero-order valence-corrected chi connectivity index (χ0v) is 7.00. The first-order chi connectivity index (χ1) is 5.68. The van der Waals surface area contributed by atoms with Gasteiger partial charge in [0.1, 0.15) is 11.3 Å². The number of hydrogen-bond acceptors (Lipinski definition) is 1. The lowest BCUT2D eigenvalue weighted by Crippen LogP contribution is -1.88. The van der Waals surface area contributed by atoms with Gasteiger partial charge in [0, 0.05) is 7.05 Å². The number of aromatic nitrogens is 2. The molecule has 0 bridgehead atoms. The first kappa shape index (κ1) is 7.28. The topological polar surface area (TPSA) is 17.8 Å². The molecule has 0 N–H and O–H groups in total. The molecule has 0 unspecified atom stereocenters. The maximum atomic E-state index is 13.3. The van der Waals surface area contributed by atoms with Gasteiger partial charge in [-0.2, -0.15) is 0 Å². The summed E-state index contributed by atoms with van der Waals surface area (Å²) in [7, 11) is 1.79. The molecule has 62 valence electrons. The minimum atomic E-state index is -0.204. The molecule has 0 fully saturated rings. The minimum absolute atomic E-state index is 0.204. The van der Waals surface area contributed by atoms with Gasteiger partial charge in [-0.15, -0.1) is 0 Å². The first-order valence-electron chi connectivity index (χ1n) is 3.75. The van der Waals surface area contributed by atoms with Gasteiger partial charge in [-0.1, -0.05) is 0 Å². The highest BCUT2D eigenvalue weighted by atomic mass is 19.1. The Morgan fingerprint density at radius 1 is 1.42 bits per heavy atom. The van der Waals surface area contributed by atoms with E-state index in [2.05, 4.69) is 4.98 Å². The zero-order chi connectivity index (χ0) is 8.72. The number of imidazole rings is 1. The molecule has 0 amide bonds. The summed E-state index contributed by atoms with van der Waals surface area (Å²) in [4.78, 5) is 4.06. The van der Waals surface area contributed by atoms with Gasteiger partial charge < -0.3 is 4.57 Å². The molecule has 1 aromatic heterocycles. The Morgan fingerprint density at radius 3 is 2.92 bits per heavy atom. The second kappa shape index (κ2) is 2.30. The third-order valence-corrected chi connectivity index (χ3v) is 1.91. The van der Waals surface area contributed by atoms with E-state index in [1.807, 2.05) is 13.0 Å². The van der Waals surface area contributed by atoms with Gasteiger partial charge in [0.2, 0.25) is 0 Å². The van der Waals surface area contributed by atoms with E-state index in [4.69, 9.17) is 0 Å². The SMILES string of the molecule is Cc1cc(F)c2c(c1)ncn2C. The molecule has 1 heterocycles. The summed E-state index contributed by atoms with van der Waals surface area (Å²) in [6, 6.07) is 3.39. The Balaban J connectivity index is 2.93. The quantitative estimate of drug-likeness (QED) is 0.582. The molecule has 0 radical (unpaired) electrons. The molecule has 0 aliphatic rings. The van der Waals surface area contributed by atoms with Crippen LogP contribution in [0.4, 0.5) is 4.39 Å².